The van der Waals surface area contributed by atoms with Crippen molar-refractivity contribution >= 4 is 15.8 Å². The molecule has 0 spiro atoms. The summed E-state index contributed by atoms with van der Waals surface area (Å²) < 4.78 is 40.0. The van der Waals surface area contributed by atoms with E-state index in [1.807, 2.05) is 0 Å². The van der Waals surface area contributed by atoms with Crippen molar-refractivity contribution in [1.29, 1.82) is 0 Å². The van der Waals surface area contributed by atoms with Gasteiger partial charge in [0.2, 0.25) is 0 Å². The molecular formula is C10H11FO4S. The number of hydrogen-bond donors (Lipinski definition) is 0. The van der Waals surface area contributed by atoms with Crippen molar-refractivity contribution < 1.29 is 22.3 Å². The number of ether oxygens (including phenoxy) is 1. The van der Waals surface area contributed by atoms with Crippen molar-refractivity contribution in [3.63, 3.8) is 0 Å². The minimum Gasteiger partial charge on any atom is -0.469 e. The molecule has 0 fully saturated rings. The zero-order valence-electron chi connectivity index (χ0n) is 8.86. The molecule has 0 N–H and O–H groups in total. The topological polar surface area (TPSA) is 60.4 Å². The highest BCUT2D eigenvalue weighted by Crippen LogP contribution is 2.15. The van der Waals surface area contributed by atoms with Crippen molar-refractivity contribution in [2.75, 3.05) is 13.4 Å². The fourth-order valence-corrected chi connectivity index (χ4v) is 1.76. The van der Waals surface area contributed by atoms with E-state index in [0.717, 1.165) is 12.3 Å². The van der Waals surface area contributed by atoms with Crippen molar-refractivity contribution in [3.05, 3.63) is 29.6 Å². The molecular weight excluding hydrogens is 235 g/mol. The summed E-state index contributed by atoms with van der Waals surface area (Å²) in [6.07, 6.45) is 0.772. The molecule has 0 unspecified atom stereocenters. The van der Waals surface area contributed by atoms with Crippen LogP contribution >= 0.6 is 0 Å². The Kier molecular flexibility index (Phi) is 3.64. The van der Waals surface area contributed by atoms with Crippen LogP contribution in [0.5, 0.6) is 0 Å². The number of benzene rings is 1. The van der Waals surface area contributed by atoms with E-state index in [1.54, 1.807) is 0 Å². The molecule has 0 saturated heterocycles. The van der Waals surface area contributed by atoms with Gasteiger partial charge in [0.1, 0.15) is 5.82 Å². The zero-order chi connectivity index (χ0) is 12.3. The van der Waals surface area contributed by atoms with Crippen molar-refractivity contribution in [1.82, 2.24) is 0 Å². The first-order valence-electron chi connectivity index (χ1n) is 4.40. The second kappa shape index (κ2) is 4.61. The molecule has 0 aliphatic carbocycles. The first-order valence-corrected chi connectivity index (χ1v) is 6.29. The molecule has 1 aromatic carbocycles. The van der Waals surface area contributed by atoms with Crippen molar-refractivity contribution in [3.8, 4) is 0 Å². The standard InChI is InChI=1S/C10H11FO4S/c1-15-10(12)5-7-3-4-8(6-9(7)11)16(2,13)14/h3-4,6H,5H2,1-2H3. The van der Waals surface area contributed by atoms with Crippen LogP contribution in [0.3, 0.4) is 0 Å². The lowest BCUT2D eigenvalue weighted by Gasteiger charge is -2.04. The van der Waals surface area contributed by atoms with Crippen LogP contribution in [0.2, 0.25) is 0 Å². The molecule has 0 amide bonds. The third kappa shape index (κ3) is 3.03. The van der Waals surface area contributed by atoms with Gasteiger partial charge in [0.25, 0.3) is 0 Å². The molecule has 88 valence electrons. The maximum atomic E-state index is 13.4. The van der Waals surface area contributed by atoms with Crippen LogP contribution in [-0.2, 0) is 25.8 Å². The molecule has 16 heavy (non-hydrogen) atoms. The summed E-state index contributed by atoms with van der Waals surface area (Å²) in [5.74, 6) is -1.31. The highest BCUT2D eigenvalue weighted by Gasteiger charge is 2.13. The quantitative estimate of drug-likeness (QED) is 0.745. The average molecular weight is 246 g/mol. The maximum Gasteiger partial charge on any atom is 0.310 e. The summed E-state index contributed by atoms with van der Waals surface area (Å²) in [5, 5.41) is 0. The van der Waals surface area contributed by atoms with Gasteiger partial charge in [0.15, 0.2) is 9.84 Å². The van der Waals surface area contributed by atoms with Crippen LogP contribution in [0.4, 0.5) is 4.39 Å². The highest BCUT2D eigenvalue weighted by atomic mass is 32.2. The summed E-state index contributed by atoms with van der Waals surface area (Å²) in [7, 11) is -2.23. The third-order valence-electron chi connectivity index (χ3n) is 2.02. The van der Waals surface area contributed by atoms with E-state index in [4.69, 9.17) is 0 Å². The van der Waals surface area contributed by atoms with E-state index in [9.17, 15) is 17.6 Å². The summed E-state index contributed by atoms with van der Waals surface area (Å²) in [5.41, 5.74) is 0.110. The Morgan fingerprint density at radius 1 is 1.44 bits per heavy atom. The molecule has 0 aliphatic heterocycles. The minimum atomic E-state index is -3.43. The van der Waals surface area contributed by atoms with Crippen LogP contribution in [0.1, 0.15) is 5.56 Å². The SMILES string of the molecule is COC(=O)Cc1ccc(S(C)(=O)=O)cc1F. The summed E-state index contributed by atoms with van der Waals surface area (Å²) in [6.45, 7) is 0. The summed E-state index contributed by atoms with van der Waals surface area (Å²) >= 11 is 0. The molecule has 0 saturated carbocycles. The smallest absolute Gasteiger partial charge is 0.310 e. The highest BCUT2D eigenvalue weighted by molar-refractivity contribution is 7.90. The van der Waals surface area contributed by atoms with Gasteiger partial charge in [-0.05, 0) is 17.7 Å². The van der Waals surface area contributed by atoms with E-state index in [-0.39, 0.29) is 16.9 Å². The van der Waals surface area contributed by atoms with Crippen LogP contribution in [0.25, 0.3) is 0 Å². The summed E-state index contributed by atoms with van der Waals surface area (Å²) in [4.78, 5) is 10.8. The number of halogens is 1. The Morgan fingerprint density at radius 3 is 2.50 bits per heavy atom. The monoisotopic (exact) mass is 246 g/mol. The summed E-state index contributed by atoms with van der Waals surface area (Å²) in [6, 6.07) is 3.42. The molecule has 6 heteroatoms. The first kappa shape index (κ1) is 12.6. The largest absolute Gasteiger partial charge is 0.469 e. The van der Waals surface area contributed by atoms with Crippen LogP contribution in [0.15, 0.2) is 23.1 Å². The molecule has 0 bridgehead atoms. The van der Waals surface area contributed by atoms with Gasteiger partial charge in [-0.25, -0.2) is 12.8 Å². The van der Waals surface area contributed by atoms with E-state index in [0.29, 0.717) is 0 Å². The second-order valence-electron chi connectivity index (χ2n) is 3.28. The van der Waals surface area contributed by atoms with E-state index in [2.05, 4.69) is 4.74 Å². The van der Waals surface area contributed by atoms with Gasteiger partial charge in [-0.15, -0.1) is 0 Å². The third-order valence-corrected chi connectivity index (χ3v) is 3.13. The van der Waals surface area contributed by atoms with Gasteiger partial charge in [-0.1, -0.05) is 6.07 Å². The van der Waals surface area contributed by atoms with E-state index >= 15 is 0 Å². The van der Waals surface area contributed by atoms with Gasteiger partial charge < -0.3 is 4.74 Å². The normalized spacial score (nSPS) is 11.2. The van der Waals surface area contributed by atoms with Gasteiger partial charge in [0, 0.05) is 6.26 Å². The molecule has 4 nitrogen and oxygen atoms in total. The van der Waals surface area contributed by atoms with Crippen LogP contribution < -0.4 is 0 Å². The van der Waals surface area contributed by atoms with Gasteiger partial charge in [0.05, 0.1) is 18.4 Å². The number of carbonyl (C=O) groups excluding carboxylic acids is 1. The Balaban J connectivity index is 3.06. The number of carbonyl (C=O) groups is 1. The lowest BCUT2D eigenvalue weighted by Crippen LogP contribution is -2.07. The molecule has 1 rings (SSSR count). The van der Waals surface area contributed by atoms with Crippen molar-refractivity contribution in [2.24, 2.45) is 0 Å². The zero-order valence-corrected chi connectivity index (χ0v) is 9.67. The number of hydrogen-bond acceptors (Lipinski definition) is 4. The Bertz CT molecular complexity index is 508. The Morgan fingerprint density at radius 2 is 2.06 bits per heavy atom. The molecule has 0 radical (unpaired) electrons. The van der Waals surface area contributed by atoms with E-state index in [1.165, 1.54) is 19.2 Å². The fraction of sp³-hybridized carbons (Fsp3) is 0.300. The number of esters is 1. The van der Waals surface area contributed by atoms with E-state index < -0.39 is 21.6 Å². The van der Waals surface area contributed by atoms with Gasteiger partial charge >= 0.3 is 5.97 Å². The minimum absolute atomic E-state index is 0.110. The second-order valence-corrected chi connectivity index (χ2v) is 5.29. The number of rotatable bonds is 3. The molecule has 0 aromatic heterocycles. The van der Waals surface area contributed by atoms with Crippen molar-refractivity contribution in [2.45, 2.75) is 11.3 Å². The van der Waals surface area contributed by atoms with Gasteiger partial charge in [-0.3, -0.25) is 4.79 Å². The lowest BCUT2D eigenvalue weighted by molar-refractivity contribution is -0.139. The first-order chi connectivity index (χ1) is 7.34. The molecule has 1 aromatic rings. The predicted molar refractivity (Wildman–Crippen MR) is 55.2 cm³/mol. The fourth-order valence-electron chi connectivity index (χ4n) is 1.13. The van der Waals surface area contributed by atoms with Gasteiger partial charge in [-0.2, -0.15) is 0 Å². The molecule has 0 atom stereocenters. The lowest BCUT2D eigenvalue weighted by atomic mass is 10.1. The molecule has 0 heterocycles. The number of sulfone groups is 1. The van der Waals surface area contributed by atoms with Crippen LogP contribution in [0, 0.1) is 5.82 Å². The van der Waals surface area contributed by atoms with Crippen LogP contribution in [-0.4, -0.2) is 27.8 Å². The Hall–Kier alpha value is -1.43. The molecule has 0 aliphatic rings. The maximum absolute atomic E-state index is 13.4. The number of methoxy groups -OCH3 is 1. The predicted octanol–water partition coefficient (Wildman–Crippen LogP) is 0.945. The average Bonchev–Trinajstić information content (AvgIpc) is 2.19. The Labute approximate surface area is 93.0 Å².